The molecule has 0 saturated heterocycles. The summed E-state index contributed by atoms with van der Waals surface area (Å²) in [7, 11) is 0. The van der Waals surface area contributed by atoms with Crippen LogP contribution in [0.1, 0.15) is 33.1 Å². The van der Waals surface area contributed by atoms with Crippen molar-refractivity contribution < 1.29 is 14.3 Å². The molecule has 0 heterocycles. The van der Waals surface area contributed by atoms with Crippen LogP contribution in [0, 0.1) is 17.3 Å². The first-order chi connectivity index (χ1) is 8.58. The molecule has 1 N–H and O–H groups in total. The largest absolute Gasteiger partial charge is 0.448 e. The number of alkyl carbamates (subject to hydrolysis) is 1. The number of hydrogen-bond donors (Lipinski definition) is 1. The monoisotopic (exact) mass is 251 g/mol. The summed E-state index contributed by atoms with van der Waals surface area (Å²) in [6, 6.07) is 0. The van der Waals surface area contributed by atoms with E-state index < -0.39 is 11.5 Å². The van der Waals surface area contributed by atoms with Gasteiger partial charge in [-0.3, -0.25) is 4.79 Å². The molecule has 3 unspecified atom stereocenters. The van der Waals surface area contributed by atoms with Crippen LogP contribution in [0.2, 0.25) is 0 Å². The summed E-state index contributed by atoms with van der Waals surface area (Å²) in [5, 5.41) is 2.67. The van der Waals surface area contributed by atoms with Gasteiger partial charge >= 0.3 is 6.09 Å². The molecule has 0 aromatic carbocycles. The fourth-order valence-electron chi connectivity index (χ4n) is 3.10. The van der Waals surface area contributed by atoms with Crippen molar-refractivity contribution in [1.82, 2.24) is 5.32 Å². The molecule has 100 valence electrons. The second-order valence-electron chi connectivity index (χ2n) is 5.41. The SMILES string of the molecule is CCCNC(=O)OCC1(C(C)=O)CC2C=CC1C2. The number of fused-ring (bicyclic) bond motifs is 2. The lowest BCUT2D eigenvalue weighted by Crippen LogP contribution is -2.40. The zero-order valence-electron chi connectivity index (χ0n) is 11.1. The van der Waals surface area contributed by atoms with Gasteiger partial charge in [0.15, 0.2) is 0 Å². The Kier molecular flexibility index (Phi) is 3.73. The third-order valence-electron chi connectivity index (χ3n) is 4.19. The molecule has 2 bridgehead atoms. The van der Waals surface area contributed by atoms with E-state index in [1.165, 1.54) is 0 Å². The van der Waals surface area contributed by atoms with Crippen molar-refractivity contribution in [2.45, 2.75) is 33.1 Å². The van der Waals surface area contributed by atoms with Crippen LogP contribution in [-0.4, -0.2) is 25.0 Å². The van der Waals surface area contributed by atoms with Crippen molar-refractivity contribution in [2.24, 2.45) is 17.3 Å². The van der Waals surface area contributed by atoms with Gasteiger partial charge < -0.3 is 10.1 Å². The fraction of sp³-hybridized carbons (Fsp3) is 0.714. The summed E-state index contributed by atoms with van der Waals surface area (Å²) >= 11 is 0. The van der Waals surface area contributed by atoms with E-state index >= 15 is 0 Å². The Morgan fingerprint density at radius 1 is 1.44 bits per heavy atom. The predicted octanol–water partition coefficient (Wildman–Crippen LogP) is 2.29. The molecule has 4 heteroatoms. The smallest absolute Gasteiger partial charge is 0.407 e. The molecule has 0 aromatic heterocycles. The Labute approximate surface area is 108 Å². The Morgan fingerprint density at radius 2 is 2.22 bits per heavy atom. The maximum Gasteiger partial charge on any atom is 0.407 e. The summed E-state index contributed by atoms with van der Waals surface area (Å²) in [5.41, 5.74) is -0.469. The summed E-state index contributed by atoms with van der Waals surface area (Å²) < 4.78 is 5.24. The van der Waals surface area contributed by atoms with Crippen LogP contribution in [-0.2, 0) is 9.53 Å². The van der Waals surface area contributed by atoms with Gasteiger partial charge in [-0.05, 0) is 38.0 Å². The van der Waals surface area contributed by atoms with Crippen molar-refractivity contribution in [3.05, 3.63) is 12.2 Å². The van der Waals surface area contributed by atoms with Crippen LogP contribution in [0.4, 0.5) is 4.79 Å². The fourth-order valence-corrected chi connectivity index (χ4v) is 3.10. The molecular formula is C14H21NO3. The van der Waals surface area contributed by atoms with E-state index in [0.717, 1.165) is 19.3 Å². The van der Waals surface area contributed by atoms with Gasteiger partial charge in [-0.1, -0.05) is 19.1 Å². The minimum atomic E-state index is -0.469. The highest BCUT2D eigenvalue weighted by Gasteiger charge is 2.52. The highest BCUT2D eigenvalue weighted by atomic mass is 16.5. The average Bonchev–Trinajstić information content (AvgIpc) is 2.94. The van der Waals surface area contributed by atoms with Crippen LogP contribution in [0.3, 0.4) is 0 Å². The van der Waals surface area contributed by atoms with E-state index in [4.69, 9.17) is 4.74 Å². The van der Waals surface area contributed by atoms with Crippen molar-refractivity contribution >= 4 is 11.9 Å². The number of hydrogen-bond acceptors (Lipinski definition) is 3. The van der Waals surface area contributed by atoms with Gasteiger partial charge in [0.1, 0.15) is 12.4 Å². The summed E-state index contributed by atoms with van der Waals surface area (Å²) in [5.74, 6) is 0.878. The Hall–Kier alpha value is -1.32. The molecule has 1 amide bonds. The quantitative estimate of drug-likeness (QED) is 0.763. The van der Waals surface area contributed by atoms with Gasteiger partial charge in [-0.15, -0.1) is 0 Å². The highest BCUT2D eigenvalue weighted by Crippen LogP contribution is 2.52. The number of allylic oxidation sites excluding steroid dienone is 2. The number of ketones is 1. The number of carbonyl (C=O) groups excluding carboxylic acids is 2. The van der Waals surface area contributed by atoms with Crippen molar-refractivity contribution in [3.63, 3.8) is 0 Å². The predicted molar refractivity (Wildman–Crippen MR) is 68.1 cm³/mol. The lowest BCUT2D eigenvalue weighted by Gasteiger charge is -2.32. The molecular weight excluding hydrogens is 230 g/mol. The van der Waals surface area contributed by atoms with E-state index in [2.05, 4.69) is 17.5 Å². The summed E-state index contributed by atoms with van der Waals surface area (Å²) in [4.78, 5) is 23.4. The average molecular weight is 251 g/mol. The van der Waals surface area contributed by atoms with Crippen molar-refractivity contribution in [3.8, 4) is 0 Å². The molecule has 18 heavy (non-hydrogen) atoms. The molecule has 0 aliphatic heterocycles. The molecule has 1 saturated carbocycles. The van der Waals surface area contributed by atoms with Crippen LogP contribution in [0.25, 0.3) is 0 Å². The first-order valence-corrected chi connectivity index (χ1v) is 6.68. The van der Waals surface area contributed by atoms with E-state index in [-0.39, 0.29) is 18.3 Å². The zero-order valence-corrected chi connectivity index (χ0v) is 11.1. The molecule has 0 aromatic rings. The van der Waals surface area contributed by atoms with Gasteiger partial charge in [0, 0.05) is 6.54 Å². The van der Waals surface area contributed by atoms with Gasteiger partial charge in [0.25, 0.3) is 0 Å². The van der Waals surface area contributed by atoms with Crippen molar-refractivity contribution in [1.29, 1.82) is 0 Å². The van der Waals surface area contributed by atoms with Crippen LogP contribution in [0.15, 0.2) is 12.2 Å². The molecule has 2 aliphatic carbocycles. The Morgan fingerprint density at radius 3 is 2.72 bits per heavy atom. The van der Waals surface area contributed by atoms with Gasteiger partial charge in [-0.2, -0.15) is 0 Å². The Balaban J connectivity index is 1.94. The third kappa shape index (κ3) is 2.28. The van der Waals surface area contributed by atoms with Crippen LogP contribution >= 0.6 is 0 Å². The Bertz CT molecular complexity index is 377. The number of amides is 1. The van der Waals surface area contributed by atoms with Crippen LogP contribution < -0.4 is 5.32 Å². The molecule has 3 atom stereocenters. The lowest BCUT2D eigenvalue weighted by molar-refractivity contribution is -0.130. The standard InChI is InChI=1S/C14H21NO3/c1-3-6-15-13(17)18-9-14(10(2)16)8-11-4-5-12(14)7-11/h4-5,11-12H,3,6-9H2,1-2H3,(H,15,17). The molecule has 4 nitrogen and oxygen atoms in total. The normalized spacial score (nSPS) is 32.6. The second kappa shape index (κ2) is 5.12. The van der Waals surface area contributed by atoms with Gasteiger partial charge in [-0.25, -0.2) is 4.79 Å². The number of Topliss-reactive ketones (excluding diaryl/α,β-unsaturated/α-hetero) is 1. The first kappa shape index (κ1) is 13.1. The minimum Gasteiger partial charge on any atom is -0.448 e. The summed E-state index contributed by atoms with van der Waals surface area (Å²) in [6.45, 7) is 4.42. The zero-order chi connectivity index (χ0) is 13.2. The number of ether oxygens (including phenoxy) is 1. The molecule has 2 rings (SSSR count). The summed E-state index contributed by atoms with van der Waals surface area (Å²) in [6.07, 6.45) is 6.61. The number of carbonyl (C=O) groups is 2. The van der Waals surface area contributed by atoms with Gasteiger partial charge in [0.05, 0.1) is 5.41 Å². The number of rotatable bonds is 5. The number of nitrogens with one attached hydrogen (secondary N) is 1. The highest BCUT2D eigenvalue weighted by molar-refractivity contribution is 5.84. The molecule has 2 aliphatic rings. The maximum atomic E-state index is 11.9. The molecule has 0 radical (unpaired) electrons. The van der Waals surface area contributed by atoms with Crippen molar-refractivity contribution in [2.75, 3.05) is 13.2 Å². The topological polar surface area (TPSA) is 55.4 Å². The van der Waals surface area contributed by atoms with Gasteiger partial charge in [0.2, 0.25) is 0 Å². The third-order valence-corrected chi connectivity index (χ3v) is 4.19. The molecule has 0 spiro atoms. The van der Waals surface area contributed by atoms with E-state index in [0.29, 0.717) is 12.5 Å². The second-order valence-corrected chi connectivity index (χ2v) is 5.41. The minimum absolute atomic E-state index is 0.141. The van der Waals surface area contributed by atoms with E-state index in [9.17, 15) is 9.59 Å². The van der Waals surface area contributed by atoms with Crippen LogP contribution in [0.5, 0.6) is 0 Å². The maximum absolute atomic E-state index is 11.9. The molecule has 1 fully saturated rings. The van der Waals surface area contributed by atoms with E-state index in [1.54, 1.807) is 6.92 Å². The van der Waals surface area contributed by atoms with E-state index in [1.807, 2.05) is 6.92 Å². The lowest BCUT2D eigenvalue weighted by atomic mass is 9.73. The first-order valence-electron chi connectivity index (χ1n) is 6.68.